The average molecular weight is 260 g/mol. The molecule has 100 valence electrons. The smallest absolute Gasteiger partial charge is 0.272 e. The van der Waals surface area contributed by atoms with Crippen molar-refractivity contribution in [3.8, 4) is 0 Å². The summed E-state index contributed by atoms with van der Waals surface area (Å²) in [5.41, 5.74) is 1.72. The molecule has 0 amide bonds. The number of benzene rings is 1. The van der Waals surface area contributed by atoms with Gasteiger partial charge >= 0.3 is 0 Å². The van der Waals surface area contributed by atoms with E-state index in [1.165, 1.54) is 0 Å². The molecule has 0 bridgehead atoms. The predicted octanol–water partition coefficient (Wildman–Crippen LogP) is 3.35. The standard InChI is InChI=1S/C14H16N2O3/c1-10-5-6-12(8-13(10)16(17)18)9-15-11(2)14-4-3-7-19-14/h3-8,11,15H,9H2,1-2H3. The molecule has 0 aliphatic heterocycles. The minimum absolute atomic E-state index is 0.0651. The van der Waals surface area contributed by atoms with Crippen LogP contribution in [0.3, 0.4) is 0 Å². The molecule has 1 atom stereocenters. The minimum Gasteiger partial charge on any atom is -0.468 e. The minimum atomic E-state index is -0.352. The van der Waals surface area contributed by atoms with Crippen molar-refractivity contribution in [1.29, 1.82) is 0 Å². The number of nitrogens with zero attached hydrogens (tertiary/aromatic N) is 1. The second-order valence-electron chi connectivity index (χ2n) is 4.50. The Balaban J connectivity index is 2.04. The van der Waals surface area contributed by atoms with Gasteiger partial charge in [0.1, 0.15) is 5.76 Å². The van der Waals surface area contributed by atoms with Crippen LogP contribution in [0.25, 0.3) is 0 Å². The summed E-state index contributed by atoms with van der Waals surface area (Å²) in [6, 6.07) is 9.07. The molecule has 0 aliphatic rings. The van der Waals surface area contributed by atoms with E-state index in [4.69, 9.17) is 4.42 Å². The highest BCUT2D eigenvalue weighted by atomic mass is 16.6. The van der Waals surface area contributed by atoms with E-state index in [2.05, 4.69) is 5.32 Å². The molecular weight excluding hydrogens is 244 g/mol. The van der Waals surface area contributed by atoms with E-state index in [1.54, 1.807) is 25.3 Å². The highest BCUT2D eigenvalue weighted by Gasteiger charge is 2.12. The first-order valence-corrected chi connectivity index (χ1v) is 6.08. The van der Waals surface area contributed by atoms with Gasteiger partial charge in [-0.2, -0.15) is 0 Å². The third-order valence-electron chi connectivity index (χ3n) is 3.05. The van der Waals surface area contributed by atoms with Gasteiger partial charge in [-0.05, 0) is 31.5 Å². The Morgan fingerprint density at radius 2 is 2.21 bits per heavy atom. The van der Waals surface area contributed by atoms with Crippen molar-refractivity contribution in [2.75, 3.05) is 0 Å². The van der Waals surface area contributed by atoms with Gasteiger partial charge < -0.3 is 9.73 Å². The number of nitro benzene ring substituents is 1. The molecule has 5 nitrogen and oxygen atoms in total. The van der Waals surface area contributed by atoms with Crippen LogP contribution >= 0.6 is 0 Å². The van der Waals surface area contributed by atoms with E-state index in [0.717, 1.165) is 11.3 Å². The summed E-state index contributed by atoms with van der Waals surface area (Å²) in [5, 5.41) is 14.1. The van der Waals surface area contributed by atoms with Gasteiger partial charge in [0.05, 0.1) is 17.2 Å². The topological polar surface area (TPSA) is 68.3 Å². The molecule has 1 aromatic heterocycles. The lowest BCUT2D eigenvalue weighted by atomic mass is 10.1. The summed E-state index contributed by atoms with van der Waals surface area (Å²) in [6.45, 7) is 4.28. The molecule has 5 heteroatoms. The van der Waals surface area contributed by atoms with Gasteiger partial charge in [0, 0.05) is 18.2 Å². The van der Waals surface area contributed by atoms with E-state index >= 15 is 0 Å². The highest BCUT2D eigenvalue weighted by Crippen LogP contribution is 2.20. The van der Waals surface area contributed by atoms with Gasteiger partial charge in [-0.25, -0.2) is 0 Å². The molecule has 0 aliphatic carbocycles. The number of aryl methyl sites for hydroxylation is 1. The first-order chi connectivity index (χ1) is 9.08. The molecule has 1 N–H and O–H groups in total. The summed E-state index contributed by atoms with van der Waals surface area (Å²) in [4.78, 5) is 10.5. The second kappa shape index (κ2) is 5.67. The second-order valence-corrected chi connectivity index (χ2v) is 4.50. The van der Waals surface area contributed by atoms with Crippen LogP contribution in [0.15, 0.2) is 41.0 Å². The molecule has 0 saturated carbocycles. The Morgan fingerprint density at radius 3 is 2.84 bits per heavy atom. The van der Waals surface area contributed by atoms with Crippen molar-refractivity contribution in [3.63, 3.8) is 0 Å². The predicted molar refractivity (Wildman–Crippen MR) is 71.8 cm³/mol. The van der Waals surface area contributed by atoms with Crippen molar-refractivity contribution < 1.29 is 9.34 Å². The highest BCUT2D eigenvalue weighted by molar-refractivity contribution is 5.42. The van der Waals surface area contributed by atoms with Gasteiger partial charge in [0.2, 0.25) is 0 Å². The zero-order valence-electron chi connectivity index (χ0n) is 10.9. The van der Waals surface area contributed by atoms with Gasteiger partial charge in [0.15, 0.2) is 0 Å². The van der Waals surface area contributed by atoms with E-state index in [-0.39, 0.29) is 16.7 Å². The van der Waals surface area contributed by atoms with Gasteiger partial charge in [-0.3, -0.25) is 10.1 Å². The summed E-state index contributed by atoms with van der Waals surface area (Å²) >= 11 is 0. The van der Waals surface area contributed by atoms with Crippen LogP contribution < -0.4 is 5.32 Å². The van der Waals surface area contributed by atoms with Crippen molar-refractivity contribution in [3.05, 3.63) is 63.6 Å². The third-order valence-corrected chi connectivity index (χ3v) is 3.05. The van der Waals surface area contributed by atoms with Crippen LogP contribution in [-0.2, 0) is 6.54 Å². The Morgan fingerprint density at radius 1 is 1.42 bits per heavy atom. The Bertz CT molecular complexity index is 564. The van der Waals surface area contributed by atoms with E-state index in [1.807, 2.05) is 25.1 Å². The Kier molecular flexibility index (Phi) is 3.97. The van der Waals surface area contributed by atoms with Gasteiger partial charge in [-0.15, -0.1) is 0 Å². The molecule has 1 aromatic carbocycles. The molecule has 2 rings (SSSR count). The molecular formula is C14H16N2O3. The van der Waals surface area contributed by atoms with Crippen LogP contribution in [-0.4, -0.2) is 4.92 Å². The fourth-order valence-electron chi connectivity index (χ4n) is 1.87. The number of hydrogen-bond donors (Lipinski definition) is 1. The fourth-order valence-corrected chi connectivity index (χ4v) is 1.87. The first kappa shape index (κ1) is 13.3. The fraction of sp³-hybridized carbons (Fsp3) is 0.286. The third kappa shape index (κ3) is 3.20. The van der Waals surface area contributed by atoms with Crippen molar-refractivity contribution in [1.82, 2.24) is 5.32 Å². The van der Waals surface area contributed by atoms with Crippen molar-refractivity contribution in [2.45, 2.75) is 26.4 Å². The number of nitrogens with one attached hydrogen (secondary N) is 1. The number of furan rings is 1. The Labute approximate surface area is 111 Å². The van der Waals surface area contributed by atoms with Crippen LogP contribution in [0.2, 0.25) is 0 Å². The van der Waals surface area contributed by atoms with E-state index < -0.39 is 0 Å². The van der Waals surface area contributed by atoms with Crippen LogP contribution in [0.5, 0.6) is 0 Å². The van der Waals surface area contributed by atoms with Gasteiger partial charge in [0.25, 0.3) is 5.69 Å². The zero-order valence-corrected chi connectivity index (χ0v) is 10.9. The van der Waals surface area contributed by atoms with Crippen LogP contribution in [0, 0.1) is 17.0 Å². The maximum absolute atomic E-state index is 10.9. The lowest BCUT2D eigenvalue weighted by Gasteiger charge is -2.11. The molecule has 19 heavy (non-hydrogen) atoms. The summed E-state index contributed by atoms with van der Waals surface area (Å²) in [7, 11) is 0. The van der Waals surface area contributed by atoms with E-state index in [9.17, 15) is 10.1 Å². The lowest BCUT2D eigenvalue weighted by molar-refractivity contribution is -0.385. The quantitative estimate of drug-likeness (QED) is 0.661. The monoisotopic (exact) mass is 260 g/mol. The SMILES string of the molecule is Cc1ccc(CNC(C)c2ccco2)cc1[N+](=O)[O-]. The van der Waals surface area contributed by atoms with Gasteiger partial charge in [-0.1, -0.05) is 12.1 Å². The summed E-state index contributed by atoms with van der Waals surface area (Å²) in [6.07, 6.45) is 1.63. The van der Waals surface area contributed by atoms with Crippen molar-refractivity contribution >= 4 is 5.69 Å². The summed E-state index contributed by atoms with van der Waals surface area (Å²) in [5.74, 6) is 0.849. The maximum Gasteiger partial charge on any atom is 0.272 e. The summed E-state index contributed by atoms with van der Waals surface area (Å²) < 4.78 is 5.29. The average Bonchev–Trinajstić information content (AvgIpc) is 2.91. The molecule has 0 saturated heterocycles. The molecule has 0 radical (unpaired) electrons. The molecule has 0 fully saturated rings. The normalized spacial score (nSPS) is 12.3. The molecule has 1 heterocycles. The number of rotatable bonds is 5. The molecule has 2 aromatic rings. The maximum atomic E-state index is 10.9. The van der Waals surface area contributed by atoms with Crippen LogP contribution in [0.1, 0.15) is 29.9 Å². The van der Waals surface area contributed by atoms with Crippen molar-refractivity contribution in [2.24, 2.45) is 0 Å². The largest absolute Gasteiger partial charge is 0.468 e. The molecule has 1 unspecified atom stereocenters. The number of nitro groups is 1. The lowest BCUT2D eigenvalue weighted by Crippen LogP contribution is -2.17. The molecule has 0 spiro atoms. The first-order valence-electron chi connectivity index (χ1n) is 6.08. The Hall–Kier alpha value is -2.14. The van der Waals surface area contributed by atoms with E-state index in [0.29, 0.717) is 12.1 Å². The zero-order chi connectivity index (χ0) is 13.8. The van der Waals surface area contributed by atoms with Crippen LogP contribution in [0.4, 0.5) is 5.69 Å². The number of hydrogen-bond acceptors (Lipinski definition) is 4.